The van der Waals surface area contributed by atoms with Gasteiger partial charge in [0.05, 0.1) is 28.5 Å². The summed E-state index contributed by atoms with van der Waals surface area (Å²) >= 11 is 6.09. The summed E-state index contributed by atoms with van der Waals surface area (Å²) in [5, 5.41) is 0.0958. The molecule has 3 amide bonds. The fourth-order valence-corrected chi connectivity index (χ4v) is 5.01. The number of piperazine rings is 1. The first-order valence-electron chi connectivity index (χ1n) is 12.2. The Bertz CT molecular complexity index is 1120. The van der Waals surface area contributed by atoms with E-state index in [4.69, 9.17) is 21.3 Å². The number of aryl methyl sites for hydroxylation is 1. The van der Waals surface area contributed by atoms with Crippen molar-refractivity contribution in [3.05, 3.63) is 63.7 Å². The Labute approximate surface area is 215 Å². The SMILES string of the molecule is CCOC(=O)N1CCN(C(=O)c2ccc(C)nc2C2CCN(C(=O)c3c(F)cccc3Cl)CC2)CC1. The Balaban J connectivity index is 1.44. The molecular formula is C26H30ClFN4O4. The fourth-order valence-electron chi connectivity index (χ4n) is 4.76. The van der Waals surface area contributed by atoms with E-state index in [1.165, 1.54) is 18.2 Å². The van der Waals surface area contributed by atoms with E-state index in [-0.39, 0.29) is 28.5 Å². The molecule has 2 fully saturated rings. The van der Waals surface area contributed by atoms with Gasteiger partial charge in [0.2, 0.25) is 0 Å². The van der Waals surface area contributed by atoms with Crippen LogP contribution in [-0.2, 0) is 4.74 Å². The van der Waals surface area contributed by atoms with Gasteiger partial charge in [0.15, 0.2) is 0 Å². The number of amides is 3. The smallest absolute Gasteiger partial charge is 0.409 e. The number of benzene rings is 1. The molecule has 1 aromatic carbocycles. The van der Waals surface area contributed by atoms with Crippen LogP contribution in [0.5, 0.6) is 0 Å². The zero-order valence-electron chi connectivity index (χ0n) is 20.5. The van der Waals surface area contributed by atoms with Gasteiger partial charge in [-0.1, -0.05) is 17.7 Å². The molecule has 0 spiro atoms. The van der Waals surface area contributed by atoms with Crippen LogP contribution in [0.4, 0.5) is 9.18 Å². The van der Waals surface area contributed by atoms with E-state index in [0.717, 1.165) is 11.4 Å². The molecule has 192 valence electrons. The van der Waals surface area contributed by atoms with Crippen molar-refractivity contribution in [3.63, 3.8) is 0 Å². The summed E-state index contributed by atoms with van der Waals surface area (Å²) in [6.07, 6.45) is 0.844. The van der Waals surface area contributed by atoms with Gasteiger partial charge in [0.25, 0.3) is 11.8 Å². The number of ether oxygens (including phenoxy) is 1. The first-order chi connectivity index (χ1) is 17.3. The number of carbonyl (C=O) groups is 3. The van der Waals surface area contributed by atoms with E-state index in [1.807, 2.05) is 19.1 Å². The Hall–Kier alpha value is -3.20. The lowest BCUT2D eigenvalue weighted by atomic mass is 9.89. The largest absolute Gasteiger partial charge is 0.450 e. The molecule has 10 heteroatoms. The minimum absolute atomic E-state index is 0.00943. The highest BCUT2D eigenvalue weighted by molar-refractivity contribution is 6.33. The number of halogens is 2. The number of carbonyl (C=O) groups excluding carboxylic acids is 3. The summed E-state index contributed by atoms with van der Waals surface area (Å²) in [5.74, 6) is -1.18. The maximum Gasteiger partial charge on any atom is 0.409 e. The molecule has 2 aromatic rings. The van der Waals surface area contributed by atoms with Crippen molar-refractivity contribution >= 4 is 29.5 Å². The minimum Gasteiger partial charge on any atom is -0.450 e. The standard InChI is InChI=1S/C26H30ClFN4O4/c1-3-36-26(35)32-15-13-31(14-16-32)24(33)19-8-7-17(2)29-23(19)18-9-11-30(12-10-18)25(34)22-20(27)5-4-6-21(22)28/h4-8,18H,3,9-16H2,1-2H3. The third-order valence-corrected chi connectivity index (χ3v) is 7.05. The molecule has 0 aliphatic carbocycles. The normalized spacial score (nSPS) is 16.7. The van der Waals surface area contributed by atoms with Crippen LogP contribution in [0.25, 0.3) is 0 Å². The van der Waals surface area contributed by atoms with Crippen LogP contribution < -0.4 is 0 Å². The van der Waals surface area contributed by atoms with Gasteiger partial charge in [0.1, 0.15) is 5.82 Å². The predicted molar refractivity (Wildman–Crippen MR) is 133 cm³/mol. The number of nitrogens with zero attached hydrogens (tertiary/aromatic N) is 4. The number of piperidine rings is 1. The maximum atomic E-state index is 14.3. The number of rotatable bonds is 4. The van der Waals surface area contributed by atoms with Gasteiger partial charge in [-0.2, -0.15) is 0 Å². The van der Waals surface area contributed by atoms with Crippen molar-refractivity contribution in [2.24, 2.45) is 0 Å². The topological polar surface area (TPSA) is 83.1 Å². The molecule has 8 nitrogen and oxygen atoms in total. The number of pyridine rings is 1. The van der Waals surface area contributed by atoms with Crippen molar-refractivity contribution < 1.29 is 23.5 Å². The van der Waals surface area contributed by atoms with Crippen LogP contribution >= 0.6 is 11.6 Å². The second-order valence-corrected chi connectivity index (χ2v) is 9.43. The van der Waals surface area contributed by atoms with Gasteiger partial charge in [-0.3, -0.25) is 14.6 Å². The minimum atomic E-state index is -0.633. The molecule has 0 bridgehead atoms. The molecule has 36 heavy (non-hydrogen) atoms. The second-order valence-electron chi connectivity index (χ2n) is 9.03. The van der Waals surface area contributed by atoms with Crippen molar-refractivity contribution in [1.82, 2.24) is 19.7 Å². The molecule has 0 unspecified atom stereocenters. The lowest BCUT2D eigenvalue weighted by Gasteiger charge is -2.35. The molecule has 0 radical (unpaired) electrons. The molecule has 2 aliphatic rings. The molecular weight excluding hydrogens is 487 g/mol. The van der Waals surface area contributed by atoms with E-state index in [0.29, 0.717) is 64.3 Å². The summed E-state index contributed by atoms with van der Waals surface area (Å²) in [7, 11) is 0. The molecule has 0 N–H and O–H groups in total. The van der Waals surface area contributed by atoms with Crippen LogP contribution in [-0.4, -0.2) is 83.5 Å². The van der Waals surface area contributed by atoms with Gasteiger partial charge >= 0.3 is 6.09 Å². The maximum absolute atomic E-state index is 14.3. The summed E-state index contributed by atoms with van der Waals surface area (Å²) in [6, 6.07) is 7.84. The number of hydrogen-bond acceptors (Lipinski definition) is 5. The van der Waals surface area contributed by atoms with E-state index in [2.05, 4.69) is 0 Å². The zero-order valence-corrected chi connectivity index (χ0v) is 21.3. The van der Waals surface area contributed by atoms with Crippen LogP contribution in [0, 0.1) is 12.7 Å². The number of likely N-dealkylation sites (tertiary alicyclic amines) is 1. The Morgan fingerprint density at radius 3 is 2.25 bits per heavy atom. The van der Waals surface area contributed by atoms with Crippen molar-refractivity contribution in [2.45, 2.75) is 32.6 Å². The highest BCUT2D eigenvalue weighted by Gasteiger charge is 2.32. The van der Waals surface area contributed by atoms with Gasteiger partial charge < -0.3 is 19.4 Å². The molecule has 0 atom stereocenters. The number of hydrogen-bond donors (Lipinski definition) is 0. The first-order valence-corrected chi connectivity index (χ1v) is 12.6. The molecule has 3 heterocycles. The summed E-state index contributed by atoms with van der Waals surface area (Å²) < 4.78 is 19.3. The van der Waals surface area contributed by atoms with Crippen LogP contribution in [0.15, 0.2) is 30.3 Å². The highest BCUT2D eigenvalue weighted by atomic mass is 35.5. The molecule has 2 aliphatic heterocycles. The van der Waals surface area contributed by atoms with Gasteiger partial charge in [-0.05, 0) is 51.0 Å². The van der Waals surface area contributed by atoms with Crippen LogP contribution in [0.2, 0.25) is 5.02 Å². The Morgan fingerprint density at radius 2 is 1.61 bits per heavy atom. The first kappa shape index (κ1) is 25.9. The lowest BCUT2D eigenvalue weighted by Crippen LogP contribution is -2.51. The van der Waals surface area contributed by atoms with Gasteiger partial charge in [0, 0.05) is 50.9 Å². The molecule has 2 saturated heterocycles. The van der Waals surface area contributed by atoms with Crippen molar-refractivity contribution in [3.8, 4) is 0 Å². The number of aromatic nitrogens is 1. The quantitative estimate of drug-likeness (QED) is 0.610. The predicted octanol–water partition coefficient (Wildman–Crippen LogP) is 4.12. The fraction of sp³-hybridized carbons (Fsp3) is 0.462. The van der Waals surface area contributed by atoms with Gasteiger partial charge in [-0.25, -0.2) is 9.18 Å². The van der Waals surface area contributed by atoms with Crippen LogP contribution in [0.3, 0.4) is 0 Å². The van der Waals surface area contributed by atoms with Gasteiger partial charge in [-0.15, -0.1) is 0 Å². The third-order valence-electron chi connectivity index (χ3n) is 6.73. The molecule has 4 rings (SSSR count). The average Bonchev–Trinajstić information content (AvgIpc) is 2.88. The summed E-state index contributed by atoms with van der Waals surface area (Å²) in [6.45, 7) is 6.45. The Morgan fingerprint density at radius 1 is 0.972 bits per heavy atom. The van der Waals surface area contributed by atoms with Crippen molar-refractivity contribution in [2.75, 3.05) is 45.9 Å². The monoisotopic (exact) mass is 516 g/mol. The molecule has 1 aromatic heterocycles. The lowest BCUT2D eigenvalue weighted by molar-refractivity contribution is 0.0567. The summed E-state index contributed by atoms with van der Waals surface area (Å²) in [5.41, 5.74) is 1.98. The highest BCUT2D eigenvalue weighted by Crippen LogP contribution is 2.32. The molecule has 0 saturated carbocycles. The summed E-state index contributed by atoms with van der Waals surface area (Å²) in [4.78, 5) is 48.0. The van der Waals surface area contributed by atoms with E-state index < -0.39 is 11.7 Å². The second kappa shape index (κ2) is 11.2. The Kier molecular flexibility index (Phi) is 8.08. The van der Waals surface area contributed by atoms with E-state index in [9.17, 15) is 18.8 Å². The van der Waals surface area contributed by atoms with E-state index in [1.54, 1.807) is 21.6 Å². The average molecular weight is 517 g/mol. The third kappa shape index (κ3) is 5.46. The van der Waals surface area contributed by atoms with Crippen molar-refractivity contribution in [1.29, 1.82) is 0 Å². The zero-order chi connectivity index (χ0) is 25.8. The van der Waals surface area contributed by atoms with E-state index >= 15 is 0 Å². The van der Waals surface area contributed by atoms with Crippen LogP contribution in [0.1, 0.15) is 57.8 Å².